The molecule has 2 N–H and O–H groups in total. The fraction of sp³-hybridized carbons (Fsp3) is 0.231. The van der Waals surface area contributed by atoms with Crippen molar-refractivity contribution in [3.05, 3.63) is 103 Å². The molecule has 0 radical (unpaired) electrons. The van der Waals surface area contributed by atoms with Gasteiger partial charge in [-0.1, -0.05) is 48.0 Å². The fourth-order valence-electron chi connectivity index (χ4n) is 3.75. The van der Waals surface area contributed by atoms with Crippen LogP contribution in [0, 0.1) is 6.92 Å². The molecule has 34 heavy (non-hydrogen) atoms. The molecule has 176 valence electrons. The number of carbonyl (C=O) groups excluding carboxylic acids is 1. The van der Waals surface area contributed by atoms with E-state index in [2.05, 4.69) is 5.32 Å². The van der Waals surface area contributed by atoms with Crippen LogP contribution in [0.3, 0.4) is 0 Å². The van der Waals surface area contributed by atoms with Crippen LogP contribution in [-0.4, -0.2) is 22.2 Å². The monoisotopic (exact) mass is 496 g/mol. The summed E-state index contributed by atoms with van der Waals surface area (Å²) in [5.74, 6) is -0.428. The predicted octanol–water partition coefficient (Wildman–Crippen LogP) is 4.74. The van der Waals surface area contributed by atoms with Gasteiger partial charge in [0.15, 0.2) is 0 Å². The number of nitrogens with zero attached hydrogens (tertiary/aromatic N) is 1. The minimum atomic E-state index is -0.724. The molecule has 2 aromatic heterocycles. The van der Waals surface area contributed by atoms with Crippen LogP contribution < -0.4 is 10.7 Å². The molecule has 4 aromatic rings. The summed E-state index contributed by atoms with van der Waals surface area (Å²) in [6.07, 6.45) is 0.836. The molecule has 1 amide bonds. The first-order valence-corrected chi connectivity index (χ1v) is 12.0. The van der Waals surface area contributed by atoms with Crippen molar-refractivity contribution in [1.29, 1.82) is 0 Å². The second kappa shape index (κ2) is 10.5. The summed E-state index contributed by atoms with van der Waals surface area (Å²) >= 11 is 7.33. The summed E-state index contributed by atoms with van der Waals surface area (Å²) in [7, 11) is 1.81. The smallest absolute Gasteiger partial charge is 0.257 e. The number of aromatic nitrogens is 1. The summed E-state index contributed by atoms with van der Waals surface area (Å²) < 4.78 is 7.52. The molecule has 6 nitrogen and oxygen atoms in total. The van der Waals surface area contributed by atoms with Crippen LogP contribution in [-0.2, 0) is 24.9 Å². The lowest BCUT2D eigenvalue weighted by Crippen LogP contribution is -2.29. The second-order valence-corrected chi connectivity index (χ2v) is 9.66. The van der Waals surface area contributed by atoms with Crippen LogP contribution in [0.2, 0.25) is 5.02 Å². The molecule has 0 saturated heterocycles. The molecule has 0 aliphatic carbocycles. The zero-order valence-corrected chi connectivity index (χ0v) is 20.4. The van der Waals surface area contributed by atoms with E-state index in [-0.39, 0.29) is 24.2 Å². The molecule has 0 fully saturated rings. The Balaban J connectivity index is 1.45. The molecule has 0 saturated carbocycles. The molecule has 0 aliphatic heterocycles. The fourth-order valence-corrected chi connectivity index (χ4v) is 4.90. The molecule has 2 heterocycles. The van der Waals surface area contributed by atoms with Gasteiger partial charge in [0.05, 0.1) is 18.6 Å². The van der Waals surface area contributed by atoms with Gasteiger partial charge < -0.3 is 19.7 Å². The van der Waals surface area contributed by atoms with E-state index in [0.29, 0.717) is 17.0 Å². The van der Waals surface area contributed by atoms with Gasteiger partial charge in [0.25, 0.3) is 5.91 Å². The highest BCUT2D eigenvalue weighted by Gasteiger charge is 2.17. The Bertz CT molecular complexity index is 1380. The first-order chi connectivity index (χ1) is 16.3. The number of nitrogens with one attached hydrogen (secondary N) is 1. The summed E-state index contributed by atoms with van der Waals surface area (Å²) in [5.41, 5.74) is 2.50. The average molecular weight is 497 g/mol. The number of amides is 1. The number of ether oxygens (including phenoxy) is 1. The number of halogens is 1. The van der Waals surface area contributed by atoms with Gasteiger partial charge in [-0.15, -0.1) is 11.3 Å². The van der Waals surface area contributed by atoms with Crippen LogP contribution in [0.1, 0.15) is 38.0 Å². The number of carbonyl (C=O) groups is 1. The minimum Gasteiger partial charge on any atom is -0.386 e. The highest BCUT2D eigenvalue weighted by Crippen LogP contribution is 2.25. The lowest BCUT2D eigenvalue weighted by molar-refractivity contribution is 0.0284. The van der Waals surface area contributed by atoms with Gasteiger partial charge in [-0.2, -0.15) is 0 Å². The number of hydrogen-bond acceptors (Lipinski definition) is 5. The van der Waals surface area contributed by atoms with Crippen molar-refractivity contribution in [2.75, 3.05) is 6.61 Å². The molecular weight excluding hydrogens is 472 g/mol. The highest BCUT2D eigenvalue weighted by molar-refractivity contribution is 7.18. The van der Waals surface area contributed by atoms with Gasteiger partial charge in [-0.3, -0.25) is 9.59 Å². The maximum Gasteiger partial charge on any atom is 0.257 e. The number of thiophene rings is 1. The Morgan fingerprint density at radius 2 is 1.94 bits per heavy atom. The van der Waals surface area contributed by atoms with Crippen LogP contribution >= 0.6 is 22.9 Å². The highest BCUT2D eigenvalue weighted by atomic mass is 35.5. The number of pyridine rings is 1. The molecular formula is C26H25ClN2O4S. The number of rotatable bonds is 8. The van der Waals surface area contributed by atoms with Crippen molar-refractivity contribution in [3.8, 4) is 0 Å². The Labute approximate surface area is 206 Å². The third-order valence-corrected chi connectivity index (χ3v) is 7.03. The molecule has 0 unspecified atom stereocenters. The maximum atomic E-state index is 13.0. The lowest BCUT2D eigenvalue weighted by atomic mass is 10.0. The normalized spacial score (nSPS) is 12.1. The van der Waals surface area contributed by atoms with Crippen molar-refractivity contribution in [2.24, 2.45) is 7.05 Å². The van der Waals surface area contributed by atoms with Crippen LogP contribution in [0.25, 0.3) is 10.2 Å². The van der Waals surface area contributed by atoms with Gasteiger partial charge in [-0.05, 0) is 41.8 Å². The van der Waals surface area contributed by atoms with Crippen molar-refractivity contribution in [1.82, 2.24) is 9.88 Å². The molecule has 1 atom stereocenters. The Hall–Kier alpha value is -2.97. The van der Waals surface area contributed by atoms with Gasteiger partial charge in [0, 0.05) is 29.7 Å². The van der Waals surface area contributed by atoms with Gasteiger partial charge in [-0.25, -0.2) is 0 Å². The first-order valence-electron chi connectivity index (χ1n) is 10.8. The average Bonchev–Trinajstić information content (AvgIpc) is 3.26. The van der Waals surface area contributed by atoms with Crippen molar-refractivity contribution >= 4 is 39.1 Å². The van der Waals surface area contributed by atoms with E-state index in [1.54, 1.807) is 36.0 Å². The van der Waals surface area contributed by atoms with E-state index in [4.69, 9.17) is 16.3 Å². The number of aryl methyl sites for hydroxylation is 2. The van der Waals surface area contributed by atoms with E-state index >= 15 is 0 Å². The van der Waals surface area contributed by atoms with Crippen LogP contribution in [0.5, 0.6) is 0 Å². The van der Waals surface area contributed by atoms with Crippen molar-refractivity contribution in [3.63, 3.8) is 0 Å². The summed E-state index contributed by atoms with van der Waals surface area (Å²) in [4.78, 5) is 27.4. The third kappa shape index (κ3) is 5.39. The Morgan fingerprint density at radius 3 is 2.68 bits per heavy atom. The summed E-state index contributed by atoms with van der Waals surface area (Å²) in [6, 6.07) is 16.6. The van der Waals surface area contributed by atoms with E-state index in [0.717, 1.165) is 26.4 Å². The quantitative estimate of drug-likeness (QED) is 0.369. The summed E-state index contributed by atoms with van der Waals surface area (Å²) in [5, 5.41) is 14.3. The van der Waals surface area contributed by atoms with Gasteiger partial charge in [0.1, 0.15) is 16.5 Å². The number of aliphatic hydroxyl groups excluding tert-OH is 1. The largest absolute Gasteiger partial charge is 0.386 e. The minimum absolute atomic E-state index is 0.0872. The molecule has 0 aliphatic rings. The number of fused-ring (bicyclic) bond motifs is 1. The first kappa shape index (κ1) is 24.2. The SMILES string of the molecule is Cc1ccccc1[C@H](O)COCc1cc2c(=O)c(C(=O)NCc3ccc(Cl)cc3)cn(C)c2s1. The molecule has 2 aromatic carbocycles. The molecule has 0 spiro atoms. The van der Waals surface area contributed by atoms with Crippen LogP contribution in [0.4, 0.5) is 0 Å². The molecule has 4 rings (SSSR count). The van der Waals surface area contributed by atoms with E-state index < -0.39 is 12.0 Å². The number of benzene rings is 2. The van der Waals surface area contributed by atoms with Gasteiger partial charge in [0.2, 0.25) is 5.43 Å². The molecule has 8 heteroatoms. The summed E-state index contributed by atoms with van der Waals surface area (Å²) in [6.45, 7) is 2.65. The number of hydrogen-bond donors (Lipinski definition) is 2. The topological polar surface area (TPSA) is 80.6 Å². The van der Waals surface area contributed by atoms with Crippen molar-refractivity contribution in [2.45, 2.75) is 26.2 Å². The van der Waals surface area contributed by atoms with E-state index in [9.17, 15) is 14.7 Å². The van der Waals surface area contributed by atoms with Gasteiger partial charge >= 0.3 is 0 Å². The predicted molar refractivity (Wildman–Crippen MR) is 135 cm³/mol. The maximum absolute atomic E-state index is 13.0. The molecule has 0 bridgehead atoms. The Kier molecular flexibility index (Phi) is 7.48. The van der Waals surface area contributed by atoms with Crippen molar-refractivity contribution < 1.29 is 14.6 Å². The zero-order valence-electron chi connectivity index (χ0n) is 18.9. The standard InChI is InChI=1S/C26H25ClN2O4S/c1-16-5-3-4-6-20(16)23(30)15-33-14-19-11-21-24(31)22(13-29(2)26(21)34-19)25(32)28-12-17-7-9-18(27)10-8-17/h3-11,13,23,30H,12,14-15H2,1-2H3,(H,28,32)/t23-/m1/s1. The van der Waals surface area contributed by atoms with Crippen LogP contribution in [0.15, 0.2) is 65.6 Å². The zero-order chi connectivity index (χ0) is 24.2. The lowest BCUT2D eigenvalue weighted by Gasteiger charge is -2.13. The van der Waals surface area contributed by atoms with E-state index in [1.807, 2.05) is 43.3 Å². The second-order valence-electron chi connectivity index (χ2n) is 8.11. The Morgan fingerprint density at radius 1 is 1.21 bits per heavy atom. The van der Waals surface area contributed by atoms with E-state index in [1.165, 1.54) is 11.3 Å². The third-order valence-electron chi connectivity index (χ3n) is 5.57. The number of aliphatic hydroxyl groups is 1.